The lowest BCUT2D eigenvalue weighted by atomic mass is 9.58. The largest absolute Gasteiger partial charge is 0.508 e. The van der Waals surface area contributed by atoms with Crippen molar-refractivity contribution in [3.63, 3.8) is 0 Å². The van der Waals surface area contributed by atoms with Gasteiger partial charge in [-0.1, -0.05) is 0 Å². The number of phenols is 1. The molecule has 4 aliphatic rings. The molecule has 0 bridgehead atoms. The lowest BCUT2D eigenvalue weighted by Crippen LogP contribution is -2.65. The maximum Gasteiger partial charge on any atom is 0.255 e. The summed E-state index contributed by atoms with van der Waals surface area (Å²) in [4.78, 5) is 52.1. The first-order valence-corrected chi connectivity index (χ1v) is 11.7. The molecule has 0 aromatic heterocycles. The maximum absolute atomic E-state index is 15.2. The van der Waals surface area contributed by atoms with Gasteiger partial charge in [0.15, 0.2) is 17.1 Å². The van der Waals surface area contributed by atoms with Gasteiger partial charge in [0.25, 0.3) is 5.91 Å². The molecule has 1 aromatic rings. The van der Waals surface area contributed by atoms with Crippen molar-refractivity contribution in [2.24, 2.45) is 23.3 Å². The highest BCUT2D eigenvalue weighted by molar-refractivity contribution is 6.24. The lowest BCUT2D eigenvalue weighted by Gasteiger charge is -2.48. The fourth-order valence-electron chi connectivity index (χ4n) is 5.77. The van der Waals surface area contributed by atoms with Crippen LogP contribution in [-0.4, -0.2) is 80.0 Å². The van der Waals surface area contributed by atoms with Gasteiger partial charge in [-0.05, 0) is 38.3 Å². The molecule has 196 valence electrons. The first-order chi connectivity index (χ1) is 17.4. The van der Waals surface area contributed by atoms with E-state index in [0.717, 1.165) is 25.6 Å². The lowest BCUT2D eigenvalue weighted by molar-refractivity contribution is -0.149. The average Bonchev–Trinajstić information content (AvgIpc) is 2.80. The molecule has 1 aliphatic heterocycles. The smallest absolute Gasteiger partial charge is 0.255 e. The standard InChI is InChI=1S/C24H25FN4O8/c25-11-6-12(28-13(30)7-29-2-1-3-29)18(31)15-9(11)4-8-5-10-17(26)20(33)16(23(27)36)22(35)24(10,37)21(34)14(8)19(15)32/h6,8,10,17,31-32,35,37H,1-5,7,26H2,(H2,27,36)(H,28,30)/t8-,10-,17-,24-/m0/s1. The normalized spacial score (nSPS) is 29.3. The van der Waals surface area contributed by atoms with Crippen LogP contribution in [0.5, 0.6) is 5.75 Å². The number of likely N-dealkylation sites (tertiary alicyclic amines) is 1. The molecule has 2 amide bonds. The number of aliphatic hydroxyl groups is 3. The molecule has 1 aromatic carbocycles. The summed E-state index contributed by atoms with van der Waals surface area (Å²) in [6.07, 6.45) is 0.488. The number of phenolic OH excluding ortho intramolecular Hbond substituents is 1. The number of nitrogens with two attached hydrogens (primary N) is 2. The molecule has 3 aliphatic carbocycles. The van der Waals surface area contributed by atoms with E-state index in [1.165, 1.54) is 0 Å². The number of anilines is 1. The number of fused-ring (bicyclic) bond motifs is 3. The van der Waals surface area contributed by atoms with Crippen molar-refractivity contribution >= 4 is 34.8 Å². The first kappa shape index (κ1) is 24.9. The minimum Gasteiger partial charge on any atom is -0.508 e. The van der Waals surface area contributed by atoms with Gasteiger partial charge >= 0.3 is 0 Å². The van der Waals surface area contributed by atoms with Gasteiger partial charge in [-0.2, -0.15) is 0 Å². The average molecular weight is 516 g/mol. The maximum atomic E-state index is 15.2. The number of rotatable bonds is 4. The Labute approximate surface area is 209 Å². The first-order valence-electron chi connectivity index (χ1n) is 11.7. The summed E-state index contributed by atoms with van der Waals surface area (Å²) in [5.74, 6) is -10.2. The zero-order valence-corrected chi connectivity index (χ0v) is 19.5. The predicted molar refractivity (Wildman–Crippen MR) is 124 cm³/mol. The van der Waals surface area contributed by atoms with Gasteiger partial charge in [-0.3, -0.25) is 24.1 Å². The molecule has 12 nitrogen and oxygen atoms in total. The molecule has 0 unspecified atom stereocenters. The summed E-state index contributed by atoms with van der Waals surface area (Å²) in [7, 11) is 0. The molecule has 4 atom stereocenters. The van der Waals surface area contributed by atoms with E-state index in [0.29, 0.717) is 0 Å². The number of halogens is 1. The Bertz CT molecular complexity index is 1350. The molecule has 1 heterocycles. The van der Waals surface area contributed by atoms with Gasteiger partial charge in [0, 0.05) is 23.1 Å². The van der Waals surface area contributed by atoms with Crippen LogP contribution in [0.4, 0.5) is 10.1 Å². The number of nitrogens with one attached hydrogen (secondary N) is 1. The number of primary amides is 1. The van der Waals surface area contributed by atoms with Crippen LogP contribution in [0, 0.1) is 17.7 Å². The molecule has 0 radical (unpaired) electrons. The minimum absolute atomic E-state index is 0.0208. The number of aliphatic hydroxyl groups excluding tert-OH is 2. The fourth-order valence-corrected chi connectivity index (χ4v) is 5.77. The van der Waals surface area contributed by atoms with Crippen LogP contribution in [0.1, 0.15) is 24.0 Å². The second-order valence-corrected chi connectivity index (χ2v) is 9.86. The van der Waals surface area contributed by atoms with Gasteiger partial charge in [0.1, 0.15) is 22.9 Å². The van der Waals surface area contributed by atoms with Gasteiger partial charge in [-0.15, -0.1) is 0 Å². The van der Waals surface area contributed by atoms with Crippen LogP contribution in [0.2, 0.25) is 0 Å². The molecule has 37 heavy (non-hydrogen) atoms. The van der Waals surface area contributed by atoms with E-state index >= 15 is 4.39 Å². The van der Waals surface area contributed by atoms with Crippen molar-refractivity contribution in [2.45, 2.75) is 30.9 Å². The van der Waals surface area contributed by atoms with Crippen LogP contribution < -0.4 is 16.8 Å². The molecule has 2 fully saturated rings. The molecule has 9 N–H and O–H groups in total. The van der Waals surface area contributed by atoms with E-state index in [2.05, 4.69) is 5.32 Å². The van der Waals surface area contributed by atoms with Crippen molar-refractivity contribution in [3.8, 4) is 5.75 Å². The fraction of sp³-hybridized carbons (Fsp3) is 0.417. The van der Waals surface area contributed by atoms with Crippen molar-refractivity contribution in [3.05, 3.63) is 39.9 Å². The zero-order valence-electron chi connectivity index (χ0n) is 19.5. The molecule has 5 rings (SSSR count). The van der Waals surface area contributed by atoms with Gasteiger partial charge in [0.2, 0.25) is 11.7 Å². The van der Waals surface area contributed by atoms with Crippen molar-refractivity contribution in [1.82, 2.24) is 4.90 Å². The molecule has 1 saturated heterocycles. The number of hydrogen-bond donors (Lipinski definition) is 7. The minimum atomic E-state index is -2.85. The Morgan fingerprint density at radius 3 is 2.49 bits per heavy atom. The monoisotopic (exact) mass is 516 g/mol. The SMILES string of the molecule is NC(=O)C1=C(O)[C@@]2(O)C(=O)C3=C(O)c4c(O)c(NC(=O)CN5CCC5)cc(F)c4C[C@H]3C[C@H]2[C@H](N)C1=O. The number of hydrogen-bond acceptors (Lipinski definition) is 10. The number of carbonyl (C=O) groups is 4. The van der Waals surface area contributed by atoms with Gasteiger partial charge < -0.3 is 37.2 Å². The highest BCUT2D eigenvalue weighted by atomic mass is 19.1. The summed E-state index contributed by atoms with van der Waals surface area (Å²) < 4.78 is 15.2. The third kappa shape index (κ3) is 3.45. The zero-order chi connectivity index (χ0) is 27.0. The number of nitrogens with zero attached hydrogens (tertiary/aromatic N) is 1. The Balaban J connectivity index is 1.60. The number of aromatic hydroxyl groups is 1. The summed E-state index contributed by atoms with van der Waals surface area (Å²) in [6.45, 7) is 1.48. The van der Waals surface area contributed by atoms with E-state index < -0.39 is 86.7 Å². The second-order valence-electron chi connectivity index (χ2n) is 9.86. The molecule has 0 spiro atoms. The van der Waals surface area contributed by atoms with E-state index in [1.54, 1.807) is 0 Å². The Kier molecular flexibility index (Phi) is 5.62. The van der Waals surface area contributed by atoms with Gasteiger partial charge in [0.05, 0.1) is 23.8 Å². The van der Waals surface area contributed by atoms with Crippen molar-refractivity contribution < 1.29 is 44.0 Å². The van der Waals surface area contributed by atoms with Gasteiger partial charge in [-0.25, -0.2) is 4.39 Å². The van der Waals surface area contributed by atoms with Crippen LogP contribution >= 0.6 is 0 Å². The number of carbonyl (C=O) groups excluding carboxylic acids is 4. The Morgan fingerprint density at radius 2 is 1.89 bits per heavy atom. The van der Waals surface area contributed by atoms with E-state index in [9.17, 15) is 39.6 Å². The number of benzene rings is 1. The number of ketones is 2. The third-order valence-electron chi connectivity index (χ3n) is 7.79. The van der Waals surface area contributed by atoms with Crippen LogP contribution in [0.3, 0.4) is 0 Å². The van der Waals surface area contributed by atoms with Crippen LogP contribution in [-0.2, 0) is 25.6 Å². The summed E-state index contributed by atoms with van der Waals surface area (Å²) in [5, 5.41) is 46.3. The quantitative estimate of drug-likeness (QED) is 0.194. The molecular weight excluding hydrogens is 491 g/mol. The van der Waals surface area contributed by atoms with E-state index in [1.807, 2.05) is 4.90 Å². The number of amides is 2. The van der Waals surface area contributed by atoms with Crippen molar-refractivity contribution in [1.29, 1.82) is 0 Å². The van der Waals surface area contributed by atoms with E-state index in [4.69, 9.17) is 11.5 Å². The predicted octanol–water partition coefficient (Wildman–Crippen LogP) is -0.856. The Morgan fingerprint density at radius 1 is 1.22 bits per heavy atom. The summed E-state index contributed by atoms with van der Waals surface area (Å²) in [6, 6.07) is -0.676. The molecule has 13 heteroatoms. The van der Waals surface area contributed by atoms with Crippen LogP contribution in [0.15, 0.2) is 23.0 Å². The third-order valence-corrected chi connectivity index (χ3v) is 7.79. The summed E-state index contributed by atoms with van der Waals surface area (Å²) >= 11 is 0. The van der Waals surface area contributed by atoms with Crippen LogP contribution in [0.25, 0.3) is 5.76 Å². The highest BCUT2D eigenvalue weighted by Gasteiger charge is 2.63. The summed E-state index contributed by atoms with van der Waals surface area (Å²) in [5.41, 5.74) is 5.87. The number of Topliss-reactive ketones (excluding diaryl/α,β-unsaturated/α-hetero) is 2. The van der Waals surface area contributed by atoms with Crippen molar-refractivity contribution in [2.75, 3.05) is 25.0 Å². The molecule has 1 saturated carbocycles. The van der Waals surface area contributed by atoms with E-state index in [-0.39, 0.29) is 30.6 Å². The second kappa shape index (κ2) is 8.36. The molecular formula is C24H25FN4O8. The highest BCUT2D eigenvalue weighted by Crippen LogP contribution is 2.52. The topological polar surface area (TPSA) is 217 Å². The Hall–Kier alpha value is -3.81.